The molecule has 0 atom stereocenters. The van der Waals surface area contributed by atoms with Crippen molar-refractivity contribution in [3.8, 4) is 5.75 Å². The molecule has 3 nitrogen and oxygen atoms in total. The molecule has 0 heterocycles. The molecule has 0 saturated carbocycles. The Morgan fingerprint density at radius 3 is 2.35 bits per heavy atom. The molecule has 0 unspecified atom stereocenters. The maximum absolute atomic E-state index is 12.3. The Morgan fingerprint density at radius 2 is 1.80 bits per heavy atom. The van der Waals surface area contributed by atoms with Gasteiger partial charge in [-0.2, -0.15) is 0 Å². The second-order valence-corrected chi connectivity index (χ2v) is 5.42. The van der Waals surface area contributed by atoms with Crippen LogP contribution in [0.25, 0.3) is 0 Å². The first-order valence-electron chi connectivity index (χ1n) is 6.24. The normalized spacial score (nSPS) is 10.2. The molecule has 2 aromatic rings. The Hall–Kier alpha value is -1.81. The molecule has 2 rings (SSSR count). The van der Waals surface area contributed by atoms with Gasteiger partial charge in [0, 0.05) is 11.3 Å². The van der Waals surface area contributed by atoms with Crippen LogP contribution in [-0.2, 0) is 0 Å². The summed E-state index contributed by atoms with van der Waals surface area (Å²) in [5.41, 5.74) is 3.54. The van der Waals surface area contributed by atoms with E-state index in [0.29, 0.717) is 11.3 Å². The number of carbonyl (C=O) groups excluding carboxylic acids is 1. The highest BCUT2D eigenvalue weighted by atomic mass is 79.9. The van der Waals surface area contributed by atoms with Gasteiger partial charge in [0.15, 0.2) is 0 Å². The maximum atomic E-state index is 12.3. The lowest BCUT2D eigenvalue weighted by Gasteiger charge is -2.12. The lowest BCUT2D eigenvalue weighted by atomic mass is 10.1. The third kappa shape index (κ3) is 3.02. The van der Waals surface area contributed by atoms with E-state index in [1.807, 2.05) is 32.0 Å². The first-order valence-corrected chi connectivity index (χ1v) is 7.03. The number of anilines is 1. The smallest absolute Gasteiger partial charge is 0.255 e. The average Bonchev–Trinajstić information content (AvgIpc) is 2.42. The topological polar surface area (TPSA) is 38.3 Å². The van der Waals surface area contributed by atoms with E-state index in [4.69, 9.17) is 4.74 Å². The van der Waals surface area contributed by atoms with Gasteiger partial charge in [0.25, 0.3) is 5.91 Å². The lowest BCUT2D eigenvalue weighted by Crippen LogP contribution is -2.13. The van der Waals surface area contributed by atoms with Crippen LogP contribution in [0.15, 0.2) is 40.9 Å². The van der Waals surface area contributed by atoms with Gasteiger partial charge in [-0.1, -0.05) is 18.2 Å². The number of benzene rings is 2. The quantitative estimate of drug-likeness (QED) is 0.907. The number of methoxy groups -OCH3 is 1. The third-order valence-corrected chi connectivity index (χ3v) is 3.75. The number of amides is 1. The minimum Gasteiger partial charge on any atom is -0.496 e. The predicted molar refractivity (Wildman–Crippen MR) is 84.6 cm³/mol. The Morgan fingerprint density at radius 1 is 1.15 bits per heavy atom. The van der Waals surface area contributed by atoms with E-state index in [-0.39, 0.29) is 5.91 Å². The van der Waals surface area contributed by atoms with Crippen LogP contribution in [0, 0.1) is 13.8 Å². The van der Waals surface area contributed by atoms with Crippen LogP contribution in [0.2, 0.25) is 0 Å². The van der Waals surface area contributed by atoms with Crippen molar-refractivity contribution >= 4 is 27.5 Å². The van der Waals surface area contributed by atoms with Crippen molar-refractivity contribution in [2.75, 3.05) is 12.4 Å². The summed E-state index contributed by atoms with van der Waals surface area (Å²) in [4.78, 5) is 12.3. The zero-order chi connectivity index (χ0) is 14.7. The number of hydrogen-bond acceptors (Lipinski definition) is 2. The fraction of sp³-hybridized carbons (Fsp3) is 0.188. The van der Waals surface area contributed by atoms with Crippen molar-refractivity contribution in [1.82, 2.24) is 0 Å². The molecule has 0 radical (unpaired) electrons. The second-order valence-electron chi connectivity index (χ2n) is 4.57. The van der Waals surface area contributed by atoms with Gasteiger partial charge in [-0.25, -0.2) is 0 Å². The number of carbonyl (C=O) groups is 1. The summed E-state index contributed by atoms with van der Waals surface area (Å²) < 4.78 is 5.92. The highest BCUT2D eigenvalue weighted by Gasteiger charge is 2.11. The summed E-state index contributed by atoms with van der Waals surface area (Å²) >= 11 is 3.38. The molecule has 0 saturated heterocycles. The molecule has 104 valence electrons. The zero-order valence-electron chi connectivity index (χ0n) is 11.7. The van der Waals surface area contributed by atoms with Gasteiger partial charge >= 0.3 is 0 Å². The molecule has 0 aliphatic rings. The Balaban J connectivity index is 2.26. The highest BCUT2D eigenvalue weighted by Crippen LogP contribution is 2.26. The number of nitrogens with one attached hydrogen (secondary N) is 1. The maximum Gasteiger partial charge on any atom is 0.255 e. The fourth-order valence-corrected chi connectivity index (χ4v) is 2.55. The molecule has 0 aliphatic heterocycles. The number of halogens is 1. The van der Waals surface area contributed by atoms with E-state index in [1.165, 1.54) is 0 Å². The zero-order valence-corrected chi connectivity index (χ0v) is 13.2. The van der Waals surface area contributed by atoms with E-state index >= 15 is 0 Å². The number of rotatable bonds is 3. The number of ether oxygens (including phenoxy) is 1. The molecule has 0 bridgehead atoms. The number of para-hydroxylation sites is 1. The summed E-state index contributed by atoms with van der Waals surface area (Å²) in [7, 11) is 1.59. The molecule has 1 amide bonds. The van der Waals surface area contributed by atoms with Crippen molar-refractivity contribution in [2.45, 2.75) is 13.8 Å². The number of hydrogen-bond donors (Lipinski definition) is 1. The van der Waals surface area contributed by atoms with E-state index in [1.54, 1.807) is 25.3 Å². The summed E-state index contributed by atoms with van der Waals surface area (Å²) in [5, 5.41) is 2.96. The molecule has 0 fully saturated rings. The van der Waals surface area contributed by atoms with Crippen LogP contribution in [0.1, 0.15) is 21.5 Å². The largest absolute Gasteiger partial charge is 0.496 e. The van der Waals surface area contributed by atoms with Gasteiger partial charge in [0.2, 0.25) is 0 Å². The van der Waals surface area contributed by atoms with Crippen molar-refractivity contribution in [2.24, 2.45) is 0 Å². The highest BCUT2D eigenvalue weighted by molar-refractivity contribution is 9.10. The minimum atomic E-state index is -0.134. The van der Waals surface area contributed by atoms with Gasteiger partial charge in [-0.3, -0.25) is 4.79 Å². The molecule has 0 aliphatic carbocycles. The van der Waals surface area contributed by atoms with Crippen LogP contribution >= 0.6 is 15.9 Å². The summed E-state index contributed by atoms with van der Waals surface area (Å²) in [6, 6.07) is 11.2. The van der Waals surface area contributed by atoms with E-state index in [9.17, 15) is 4.79 Å². The molecule has 0 spiro atoms. The lowest BCUT2D eigenvalue weighted by molar-refractivity contribution is 0.102. The van der Waals surface area contributed by atoms with Crippen molar-refractivity contribution < 1.29 is 9.53 Å². The Bertz CT molecular complexity index is 633. The average molecular weight is 334 g/mol. The molecule has 1 N–H and O–H groups in total. The van der Waals surface area contributed by atoms with Gasteiger partial charge in [0.1, 0.15) is 5.75 Å². The Labute approximate surface area is 127 Å². The second kappa shape index (κ2) is 6.09. The van der Waals surface area contributed by atoms with Crippen LogP contribution < -0.4 is 10.1 Å². The summed E-state index contributed by atoms with van der Waals surface area (Å²) in [6.45, 7) is 3.96. The monoisotopic (exact) mass is 333 g/mol. The van der Waals surface area contributed by atoms with Gasteiger partial charge in [-0.05, 0) is 59.1 Å². The van der Waals surface area contributed by atoms with Crippen LogP contribution in [-0.4, -0.2) is 13.0 Å². The minimum absolute atomic E-state index is 0.134. The van der Waals surface area contributed by atoms with Crippen LogP contribution in [0.5, 0.6) is 5.75 Å². The summed E-state index contributed by atoms with van der Waals surface area (Å²) in [5.74, 6) is 0.569. The number of aryl methyl sites for hydroxylation is 2. The first kappa shape index (κ1) is 14.6. The van der Waals surface area contributed by atoms with Gasteiger partial charge < -0.3 is 10.1 Å². The van der Waals surface area contributed by atoms with E-state index in [2.05, 4.69) is 21.2 Å². The predicted octanol–water partition coefficient (Wildman–Crippen LogP) is 4.33. The van der Waals surface area contributed by atoms with Gasteiger partial charge in [0.05, 0.1) is 11.6 Å². The summed E-state index contributed by atoms with van der Waals surface area (Å²) in [6.07, 6.45) is 0. The molecule has 4 heteroatoms. The van der Waals surface area contributed by atoms with E-state index < -0.39 is 0 Å². The van der Waals surface area contributed by atoms with E-state index in [0.717, 1.165) is 21.3 Å². The molecular formula is C16H16BrNO2. The molecule has 0 aromatic heterocycles. The molecular weight excluding hydrogens is 318 g/mol. The Kier molecular flexibility index (Phi) is 4.45. The molecule has 20 heavy (non-hydrogen) atoms. The molecule has 2 aromatic carbocycles. The SMILES string of the molecule is COc1ccc(C(=O)Nc2c(C)cccc2C)cc1Br. The standard InChI is InChI=1S/C16H16BrNO2/c1-10-5-4-6-11(2)15(10)18-16(19)12-7-8-14(20-3)13(17)9-12/h4-9H,1-3H3,(H,18,19). The van der Waals surface area contributed by atoms with Crippen LogP contribution in [0.3, 0.4) is 0 Å². The van der Waals surface area contributed by atoms with Crippen molar-refractivity contribution in [3.05, 3.63) is 57.6 Å². The fourth-order valence-electron chi connectivity index (χ4n) is 2.00. The van der Waals surface area contributed by atoms with Crippen molar-refractivity contribution in [3.63, 3.8) is 0 Å². The van der Waals surface area contributed by atoms with Gasteiger partial charge in [-0.15, -0.1) is 0 Å². The van der Waals surface area contributed by atoms with Crippen LogP contribution in [0.4, 0.5) is 5.69 Å². The third-order valence-electron chi connectivity index (χ3n) is 3.13. The first-order chi connectivity index (χ1) is 9.52. The van der Waals surface area contributed by atoms with Crippen molar-refractivity contribution in [1.29, 1.82) is 0 Å².